The minimum Gasteiger partial charge on any atom is -0.490 e. The summed E-state index contributed by atoms with van der Waals surface area (Å²) in [6, 6.07) is 20.1. The van der Waals surface area contributed by atoms with Crippen LogP contribution >= 0.6 is 11.3 Å². The van der Waals surface area contributed by atoms with Gasteiger partial charge in [-0.25, -0.2) is 4.98 Å². The monoisotopic (exact) mass is 569 g/mol. The zero-order valence-electron chi connectivity index (χ0n) is 22.6. The highest BCUT2D eigenvalue weighted by Crippen LogP contribution is 2.40. The predicted molar refractivity (Wildman–Crippen MR) is 158 cm³/mol. The molecule has 0 radical (unpaired) electrons. The molecule has 0 unspecified atom stereocenters. The van der Waals surface area contributed by atoms with Gasteiger partial charge in [-0.3, -0.25) is 9.59 Å². The Balaban J connectivity index is 1.26. The van der Waals surface area contributed by atoms with Crippen molar-refractivity contribution in [2.45, 2.75) is 38.6 Å². The van der Waals surface area contributed by atoms with Gasteiger partial charge in [0.2, 0.25) is 0 Å². The first kappa shape index (κ1) is 26.8. The number of carboxylic acids is 1. The van der Waals surface area contributed by atoms with E-state index in [1.165, 1.54) is 17.5 Å². The van der Waals surface area contributed by atoms with Gasteiger partial charge in [0.25, 0.3) is 5.91 Å². The standard InChI is InChI=1S/C32H31N3O5S/c36-30(37)13-14-33-31(38)23-7-5-21(6-8-23)20-35(26-11-9-22-3-1-4-24(22)17-26)32-34-19-29(41-32)25-10-12-27-28(18-25)40-16-2-15-39-27/h5-12,17-19H,1-4,13-16,20H2,(H,33,38)(H,36,37). The van der Waals surface area contributed by atoms with Crippen molar-refractivity contribution in [3.8, 4) is 21.9 Å². The molecule has 6 rings (SSSR count). The molecule has 41 heavy (non-hydrogen) atoms. The number of thiazole rings is 1. The number of hydrogen-bond acceptors (Lipinski definition) is 7. The summed E-state index contributed by atoms with van der Waals surface area (Å²) in [6.45, 7) is 1.97. The third-order valence-corrected chi connectivity index (χ3v) is 8.40. The van der Waals surface area contributed by atoms with E-state index in [4.69, 9.17) is 19.6 Å². The number of rotatable bonds is 9. The number of carbonyl (C=O) groups excluding carboxylic acids is 1. The van der Waals surface area contributed by atoms with Crippen LogP contribution in [-0.2, 0) is 24.2 Å². The van der Waals surface area contributed by atoms with Gasteiger partial charge < -0.3 is 24.8 Å². The summed E-state index contributed by atoms with van der Waals surface area (Å²) >= 11 is 1.62. The van der Waals surface area contributed by atoms with Crippen molar-refractivity contribution in [1.82, 2.24) is 10.3 Å². The van der Waals surface area contributed by atoms with E-state index in [1.807, 2.05) is 36.5 Å². The molecule has 2 N–H and O–H groups in total. The van der Waals surface area contributed by atoms with Crippen LogP contribution in [0.4, 0.5) is 10.8 Å². The third-order valence-electron chi connectivity index (χ3n) is 7.33. The summed E-state index contributed by atoms with van der Waals surface area (Å²) in [5.74, 6) is 0.308. The lowest BCUT2D eigenvalue weighted by atomic mass is 10.1. The molecule has 0 saturated heterocycles. The summed E-state index contributed by atoms with van der Waals surface area (Å²) in [5, 5.41) is 12.3. The molecule has 2 heterocycles. The Morgan fingerprint density at radius 2 is 1.73 bits per heavy atom. The summed E-state index contributed by atoms with van der Waals surface area (Å²) in [4.78, 5) is 31.3. The Morgan fingerprint density at radius 1 is 0.927 bits per heavy atom. The van der Waals surface area contributed by atoms with E-state index in [0.29, 0.717) is 25.3 Å². The van der Waals surface area contributed by atoms with Gasteiger partial charge in [-0.05, 0) is 84.0 Å². The van der Waals surface area contributed by atoms with Crippen LogP contribution in [0.1, 0.15) is 46.3 Å². The first-order valence-electron chi connectivity index (χ1n) is 13.9. The molecular weight excluding hydrogens is 538 g/mol. The average molecular weight is 570 g/mol. The highest BCUT2D eigenvalue weighted by Gasteiger charge is 2.20. The predicted octanol–water partition coefficient (Wildman–Crippen LogP) is 6.00. The second kappa shape index (κ2) is 12.0. The van der Waals surface area contributed by atoms with Crippen molar-refractivity contribution in [2.75, 3.05) is 24.7 Å². The van der Waals surface area contributed by atoms with E-state index in [-0.39, 0.29) is 18.9 Å². The molecule has 0 saturated carbocycles. The lowest BCUT2D eigenvalue weighted by molar-refractivity contribution is -0.136. The highest BCUT2D eigenvalue weighted by atomic mass is 32.1. The summed E-state index contributed by atoms with van der Waals surface area (Å²) < 4.78 is 11.7. The Labute approximate surface area is 242 Å². The summed E-state index contributed by atoms with van der Waals surface area (Å²) in [5.41, 5.74) is 6.44. The van der Waals surface area contributed by atoms with Gasteiger partial charge in [0, 0.05) is 30.4 Å². The summed E-state index contributed by atoms with van der Waals surface area (Å²) in [7, 11) is 0. The van der Waals surface area contributed by atoms with Crippen LogP contribution in [0.3, 0.4) is 0 Å². The molecule has 8 nitrogen and oxygen atoms in total. The van der Waals surface area contributed by atoms with Crippen molar-refractivity contribution in [2.24, 2.45) is 0 Å². The van der Waals surface area contributed by atoms with Gasteiger partial charge >= 0.3 is 5.97 Å². The Kier molecular flexibility index (Phi) is 7.86. The average Bonchev–Trinajstić information content (AvgIpc) is 3.60. The van der Waals surface area contributed by atoms with Gasteiger partial charge in [-0.2, -0.15) is 0 Å². The molecular formula is C32H31N3O5S. The van der Waals surface area contributed by atoms with E-state index in [1.54, 1.807) is 23.5 Å². The van der Waals surface area contributed by atoms with E-state index in [0.717, 1.165) is 57.6 Å². The first-order valence-corrected chi connectivity index (χ1v) is 14.7. The molecule has 0 bridgehead atoms. The number of carboxylic acid groups (broad SMARTS) is 1. The molecule has 1 aliphatic carbocycles. The molecule has 4 aromatic rings. The van der Waals surface area contributed by atoms with Crippen LogP contribution in [0.15, 0.2) is 66.9 Å². The maximum Gasteiger partial charge on any atom is 0.305 e. The lowest BCUT2D eigenvalue weighted by Crippen LogP contribution is -2.26. The van der Waals surface area contributed by atoms with E-state index in [2.05, 4.69) is 28.4 Å². The van der Waals surface area contributed by atoms with Gasteiger partial charge in [0.1, 0.15) is 0 Å². The Bertz CT molecular complexity index is 1570. The van der Waals surface area contributed by atoms with E-state index in [9.17, 15) is 9.59 Å². The number of nitrogens with one attached hydrogen (secondary N) is 1. The molecule has 3 aromatic carbocycles. The van der Waals surface area contributed by atoms with Crippen LogP contribution in [-0.4, -0.2) is 41.7 Å². The molecule has 1 aromatic heterocycles. The molecule has 2 aliphatic rings. The Morgan fingerprint density at radius 3 is 2.56 bits per heavy atom. The quantitative estimate of drug-likeness (QED) is 0.255. The number of nitrogens with zero attached hydrogens (tertiary/aromatic N) is 2. The number of amides is 1. The minimum absolute atomic E-state index is 0.0950. The fourth-order valence-corrected chi connectivity index (χ4v) is 6.10. The molecule has 0 fully saturated rings. The van der Waals surface area contributed by atoms with Gasteiger partial charge in [-0.1, -0.05) is 29.5 Å². The van der Waals surface area contributed by atoms with Crippen molar-refractivity contribution in [1.29, 1.82) is 0 Å². The van der Waals surface area contributed by atoms with Gasteiger partial charge in [-0.15, -0.1) is 0 Å². The molecule has 0 spiro atoms. The summed E-state index contributed by atoms with van der Waals surface area (Å²) in [6.07, 6.45) is 6.05. The molecule has 9 heteroatoms. The number of aryl methyl sites for hydroxylation is 2. The van der Waals surface area contributed by atoms with E-state index < -0.39 is 5.97 Å². The number of benzene rings is 3. The normalized spacial score (nSPS) is 13.8. The maximum absolute atomic E-state index is 12.4. The van der Waals surface area contributed by atoms with Gasteiger partial charge in [0.15, 0.2) is 16.6 Å². The van der Waals surface area contributed by atoms with Gasteiger partial charge in [0.05, 0.1) is 31.1 Å². The number of aliphatic carboxylic acids is 1. The van der Waals surface area contributed by atoms with Crippen LogP contribution in [0.25, 0.3) is 10.4 Å². The number of fused-ring (bicyclic) bond motifs is 2. The number of ether oxygens (including phenoxy) is 2. The number of aromatic nitrogens is 1. The van der Waals surface area contributed by atoms with Crippen LogP contribution in [0.2, 0.25) is 0 Å². The highest BCUT2D eigenvalue weighted by molar-refractivity contribution is 7.19. The molecule has 0 atom stereocenters. The topological polar surface area (TPSA) is 101 Å². The second-order valence-corrected chi connectivity index (χ2v) is 11.2. The molecule has 1 amide bonds. The number of anilines is 2. The number of carbonyl (C=O) groups is 2. The van der Waals surface area contributed by atoms with Crippen LogP contribution in [0, 0.1) is 0 Å². The zero-order chi connectivity index (χ0) is 28.2. The Hall–Kier alpha value is -4.37. The smallest absolute Gasteiger partial charge is 0.305 e. The zero-order valence-corrected chi connectivity index (χ0v) is 23.4. The first-order chi connectivity index (χ1) is 20.0. The van der Waals surface area contributed by atoms with Crippen LogP contribution < -0.4 is 19.7 Å². The second-order valence-electron chi connectivity index (χ2n) is 10.2. The lowest BCUT2D eigenvalue weighted by Gasteiger charge is -2.23. The molecule has 1 aliphatic heterocycles. The molecule has 210 valence electrons. The third kappa shape index (κ3) is 6.20. The van der Waals surface area contributed by atoms with E-state index >= 15 is 0 Å². The van der Waals surface area contributed by atoms with Crippen LogP contribution in [0.5, 0.6) is 11.5 Å². The maximum atomic E-state index is 12.4. The van der Waals surface area contributed by atoms with Crippen molar-refractivity contribution >= 4 is 34.0 Å². The fourth-order valence-electron chi connectivity index (χ4n) is 5.16. The number of hydrogen-bond donors (Lipinski definition) is 2. The SMILES string of the molecule is O=C(O)CCNC(=O)c1ccc(CN(c2ccc3c(c2)CCC3)c2ncc(-c3ccc4c(c3)OCCCO4)s2)cc1. The largest absolute Gasteiger partial charge is 0.490 e. The van der Waals surface area contributed by atoms with Crippen molar-refractivity contribution < 1.29 is 24.2 Å². The van der Waals surface area contributed by atoms with Crippen molar-refractivity contribution in [3.05, 3.63) is 89.1 Å². The van der Waals surface area contributed by atoms with Crippen molar-refractivity contribution in [3.63, 3.8) is 0 Å². The minimum atomic E-state index is -0.943. The fraction of sp³-hybridized carbons (Fsp3) is 0.281.